The Morgan fingerprint density at radius 1 is 1.30 bits per heavy atom. The first kappa shape index (κ1) is 14.6. The highest BCUT2D eigenvalue weighted by atomic mass is 16.4. The van der Waals surface area contributed by atoms with Gasteiger partial charge in [0.2, 0.25) is 0 Å². The van der Waals surface area contributed by atoms with Gasteiger partial charge in [0.1, 0.15) is 5.82 Å². The Morgan fingerprint density at radius 2 is 2.00 bits per heavy atom. The number of hydrogen-bond donors (Lipinski definition) is 1. The van der Waals surface area contributed by atoms with E-state index in [0.29, 0.717) is 17.4 Å². The molecule has 0 bridgehead atoms. The van der Waals surface area contributed by atoms with Gasteiger partial charge in [-0.1, -0.05) is 27.7 Å². The lowest BCUT2D eigenvalue weighted by Crippen LogP contribution is -2.08. The number of carboxylic acid groups (broad SMARTS) is 1. The third kappa shape index (κ3) is 2.84. The number of carboxylic acids is 1. The summed E-state index contributed by atoms with van der Waals surface area (Å²) in [6.07, 6.45) is 1.06. The van der Waals surface area contributed by atoms with E-state index >= 15 is 0 Å². The van der Waals surface area contributed by atoms with Crippen LogP contribution in [0.2, 0.25) is 0 Å². The summed E-state index contributed by atoms with van der Waals surface area (Å²) in [5.41, 5.74) is 2.12. The van der Waals surface area contributed by atoms with Crippen LogP contribution >= 0.6 is 0 Å². The van der Waals surface area contributed by atoms with E-state index in [4.69, 9.17) is 5.11 Å². The van der Waals surface area contributed by atoms with Crippen molar-refractivity contribution in [2.24, 2.45) is 5.92 Å². The smallest absolute Gasteiger partial charge is 0.335 e. The fourth-order valence-electron chi connectivity index (χ4n) is 2.34. The lowest BCUT2D eigenvalue weighted by atomic mass is 10.1. The number of aromatic nitrogens is 2. The monoisotopic (exact) mass is 274 g/mol. The van der Waals surface area contributed by atoms with Gasteiger partial charge in [0.25, 0.3) is 0 Å². The topological polar surface area (TPSA) is 55.1 Å². The van der Waals surface area contributed by atoms with Crippen LogP contribution in [0.1, 0.15) is 56.2 Å². The third-order valence-electron chi connectivity index (χ3n) is 3.47. The van der Waals surface area contributed by atoms with Gasteiger partial charge in [-0.3, -0.25) is 0 Å². The quantitative estimate of drug-likeness (QED) is 0.899. The second-order valence-corrected chi connectivity index (χ2v) is 5.97. The molecule has 1 heterocycles. The van der Waals surface area contributed by atoms with E-state index in [1.807, 2.05) is 0 Å². The maximum atomic E-state index is 11.1. The minimum atomic E-state index is -0.894. The van der Waals surface area contributed by atoms with Crippen molar-refractivity contribution in [1.82, 2.24) is 9.55 Å². The Bertz CT molecular complexity index is 627. The Kier molecular flexibility index (Phi) is 4.12. The molecule has 2 rings (SSSR count). The van der Waals surface area contributed by atoms with Crippen LogP contribution in [0.25, 0.3) is 11.0 Å². The summed E-state index contributed by atoms with van der Waals surface area (Å²) < 4.78 is 2.17. The van der Waals surface area contributed by atoms with E-state index in [2.05, 4.69) is 37.2 Å². The van der Waals surface area contributed by atoms with Gasteiger partial charge >= 0.3 is 5.97 Å². The predicted molar refractivity (Wildman–Crippen MR) is 80.2 cm³/mol. The number of hydrogen-bond acceptors (Lipinski definition) is 2. The summed E-state index contributed by atoms with van der Waals surface area (Å²) in [4.78, 5) is 15.8. The van der Waals surface area contributed by atoms with Crippen LogP contribution in [0.3, 0.4) is 0 Å². The van der Waals surface area contributed by atoms with Gasteiger partial charge in [0.15, 0.2) is 0 Å². The molecule has 1 N–H and O–H groups in total. The molecule has 1 aromatic heterocycles. The second kappa shape index (κ2) is 5.65. The van der Waals surface area contributed by atoms with E-state index in [-0.39, 0.29) is 0 Å². The molecule has 0 radical (unpaired) electrons. The van der Waals surface area contributed by atoms with Crippen LogP contribution in [-0.2, 0) is 6.54 Å². The summed E-state index contributed by atoms with van der Waals surface area (Å²) in [5, 5.41) is 9.14. The van der Waals surface area contributed by atoms with Gasteiger partial charge in [0.05, 0.1) is 16.6 Å². The van der Waals surface area contributed by atoms with Crippen LogP contribution in [0.5, 0.6) is 0 Å². The molecule has 0 spiro atoms. The fourth-order valence-corrected chi connectivity index (χ4v) is 2.34. The molecule has 4 heteroatoms. The molecule has 0 aliphatic rings. The van der Waals surface area contributed by atoms with E-state index in [1.54, 1.807) is 18.2 Å². The van der Waals surface area contributed by atoms with Crippen molar-refractivity contribution in [3.8, 4) is 0 Å². The van der Waals surface area contributed by atoms with Crippen LogP contribution in [0, 0.1) is 5.92 Å². The summed E-state index contributed by atoms with van der Waals surface area (Å²) in [6, 6.07) is 5.15. The number of aromatic carboxylic acids is 1. The van der Waals surface area contributed by atoms with Crippen LogP contribution in [0.4, 0.5) is 0 Å². The average molecular weight is 274 g/mol. The molecule has 0 aliphatic heterocycles. The highest BCUT2D eigenvalue weighted by Gasteiger charge is 2.15. The Hall–Kier alpha value is -1.84. The van der Waals surface area contributed by atoms with Crippen molar-refractivity contribution in [3.05, 3.63) is 29.6 Å². The SMILES string of the molecule is CC(C)CCn1c(C(C)C)nc2ccc(C(=O)O)cc21. The molecule has 0 amide bonds. The summed E-state index contributed by atoms with van der Waals surface area (Å²) in [6.45, 7) is 9.49. The summed E-state index contributed by atoms with van der Waals surface area (Å²) in [7, 11) is 0. The van der Waals surface area contributed by atoms with Crippen molar-refractivity contribution in [2.45, 2.75) is 46.6 Å². The minimum absolute atomic E-state index is 0.318. The van der Waals surface area contributed by atoms with Crippen LogP contribution in [0.15, 0.2) is 18.2 Å². The fraction of sp³-hybridized carbons (Fsp3) is 0.500. The van der Waals surface area contributed by atoms with Gasteiger partial charge in [-0.2, -0.15) is 0 Å². The Balaban J connectivity index is 2.55. The molecule has 0 unspecified atom stereocenters. The van der Waals surface area contributed by atoms with Gasteiger partial charge in [-0.05, 0) is 30.5 Å². The molecule has 0 saturated heterocycles. The average Bonchev–Trinajstić information content (AvgIpc) is 2.73. The molecule has 0 fully saturated rings. The van der Waals surface area contributed by atoms with E-state index in [9.17, 15) is 4.79 Å². The first-order chi connectivity index (χ1) is 9.40. The molecular weight excluding hydrogens is 252 g/mol. The zero-order valence-corrected chi connectivity index (χ0v) is 12.6. The van der Waals surface area contributed by atoms with Gasteiger partial charge < -0.3 is 9.67 Å². The zero-order chi connectivity index (χ0) is 14.9. The van der Waals surface area contributed by atoms with Crippen molar-refractivity contribution < 1.29 is 9.90 Å². The number of nitrogens with zero attached hydrogens (tertiary/aromatic N) is 2. The maximum absolute atomic E-state index is 11.1. The van der Waals surface area contributed by atoms with Crippen molar-refractivity contribution in [1.29, 1.82) is 0 Å². The number of imidazole rings is 1. The molecule has 1 aromatic carbocycles. The van der Waals surface area contributed by atoms with Crippen molar-refractivity contribution >= 4 is 17.0 Å². The summed E-state index contributed by atoms with van der Waals surface area (Å²) in [5.74, 6) is 1.07. The molecule has 0 atom stereocenters. The molecule has 2 aromatic rings. The lowest BCUT2D eigenvalue weighted by Gasteiger charge is -2.13. The largest absolute Gasteiger partial charge is 0.478 e. The van der Waals surface area contributed by atoms with Crippen molar-refractivity contribution in [2.75, 3.05) is 0 Å². The van der Waals surface area contributed by atoms with Crippen molar-refractivity contribution in [3.63, 3.8) is 0 Å². The highest BCUT2D eigenvalue weighted by Crippen LogP contribution is 2.24. The number of rotatable bonds is 5. The molecule has 0 saturated carbocycles. The van der Waals surface area contributed by atoms with Gasteiger partial charge in [-0.15, -0.1) is 0 Å². The molecule has 0 aliphatic carbocycles. The number of aryl methyl sites for hydroxylation is 1. The van der Waals surface area contributed by atoms with E-state index in [1.165, 1.54) is 0 Å². The summed E-state index contributed by atoms with van der Waals surface area (Å²) >= 11 is 0. The predicted octanol–water partition coefficient (Wildman–Crippen LogP) is 3.90. The molecule has 4 nitrogen and oxygen atoms in total. The molecule has 20 heavy (non-hydrogen) atoms. The molecular formula is C16H22N2O2. The first-order valence-electron chi connectivity index (χ1n) is 7.13. The first-order valence-corrected chi connectivity index (χ1v) is 7.13. The zero-order valence-electron chi connectivity index (χ0n) is 12.6. The van der Waals surface area contributed by atoms with E-state index in [0.717, 1.165) is 29.8 Å². The van der Waals surface area contributed by atoms with E-state index < -0.39 is 5.97 Å². The Labute approximate surface area is 119 Å². The second-order valence-electron chi connectivity index (χ2n) is 5.97. The lowest BCUT2D eigenvalue weighted by molar-refractivity contribution is 0.0697. The standard InChI is InChI=1S/C16H22N2O2/c1-10(2)7-8-18-14-9-12(16(19)20)5-6-13(14)17-15(18)11(3)4/h5-6,9-11H,7-8H2,1-4H3,(H,19,20). The van der Waals surface area contributed by atoms with Gasteiger partial charge in [0, 0.05) is 12.5 Å². The number of fused-ring (bicyclic) bond motifs is 1. The third-order valence-corrected chi connectivity index (χ3v) is 3.47. The number of carbonyl (C=O) groups is 1. The highest BCUT2D eigenvalue weighted by molar-refractivity contribution is 5.92. The van der Waals surface area contributed by atoms with Gasteiger partial charge in [-0.25, -0.2) is 9.78 Å². The minimum Gasteiger partial charge on any atom is -0.478 e. The van der Waals surface area contributed by atoms with Crippen LogP contribution in [-0.4, -0.2) is 20.6 Å². The molecule has 108 valence electrons. The van der Waals surface area contributed by atoms with Crippen LogP contribution < -0.4 is 0 Å². The maximum Gasteiger partial charge on any atom is 0.335 e. The Morgan fingerprint density at radius 3 is 2.55 bits per heavy atom. The number of benzene rings is 1. The normalized spacial score (nSPS) is 11.7.